The Hall–Kier alpha value is -2.48. The highest BCUT2D eigenvalue weighted by molar-refractivity contribution is 6.17. The number of Topliss-reactive ketones (excluding diaryl/α,β-unsaturated/α-hetero) is 2. The maximum absolute atomic E-state index is 13.3. The number of hydrogen-bond acceptors (Lipinski definition) is 2. The third-order valence-corrected chi connectivity index (χ3v) is 6.96. The lowest BCUT2D eigenvalue weighted by molar-refractivity contribution is -0.125. The Morgan fingerprint density at radius 2 is 1.26 bits per heavy atom. The molecule has 2 fully saturated rings. The van der Waals surface area contributed by atoms with E-state index >= 15 is 0 Å². The van der Waals surface area contributed by atoms with Crippen molar-refractivity contribution in [2.75, 3.05) is 0 Å². The van der Waals surface area contributed by atoms with E-state index in [0.717, 1.165) is 40.7 Å². The molecule has 0 saturated heterocycles. The summed E-state index contributed by atoms with van der Waals surface area (Å²) in [4.78, 5) is 26.7. The normalized spacial score (nSPS) is 31.4. The number of carbonyl (C=O) groups excluding carboxylic acids is 2. The van der Waals surface area contributed by atoms with Crippen molar-refractivity contribution in [3.63, 3.8) is 0 Å². The van der Waals surface area contributed by atoms with Crippen LogP contribution in [0.15, 0.2) is 54.6 Å². The number of allylic oxidation sites excluding steroid dienone is 2. The molecular weight excluding hydrogens is 332 g/mol. The molecule has 27 heavy (non-hydrogen) atoms. The third kappa shape index (κ3) is 2.39. The van der Waals surface area contributed by atoms with Crippen LogP contribution >= 0.6 is 0 Å². The summed E-state index contributed by atoms with van der Waals surface area (Å²) >= 11 is 0. The van der Waals surface area contributed by atoms with Gasteiger partial charge in [-0.05, 0) is 66.3 Å². The van der Waals surface area contributed by atoms with E-state index in [9.17, 15) is 9.59 Å². The van der Waals surface area contributed by atoms with Gasteiger partial charge in [-0.3, -0.25) is 9.59 Å². The lowest BCUT2D eigenvalue weighted by Crippen LogP contribution is -2.38. The van der Waals surface area contributed by atoms with Crippen LogP contribution in [0.5, 0.6) is 0 Å². The molecular formula is C25H24O2. The summed E-state index contributed by atoms with van der Waals surface area (Å²) in [7, 11) is 0. The van der Waals surface area contributed by atoms with Crippen molar-refractivity contribution < 1.29 is 9.59 Å². The molecule has 0 amide bonds. The van der Waals surface area contributed by atoms with Crippen LogP contribution in [0.4, 0.5) is 0 Å². The van der Waals surface area contributed by atoms with Crippen molar-refractivity contribution in [3.05, 3.63) is 71.3 Å². The molecule has 2 bridgehead atoms. The molecule has 5 atom stereocenters. The molecule has 2 nitrogen and oxygen atoms in total. The van der Waals surface area contributed by atoms with E-state index in [1.807, 2.05) is 32.0 Å². The molecule has 2 saturated carbocycles. The Kier molecular flexibility index (Phi) is 3.72. The van der Waals surface area contributed by atoms with Crippen molar-refractivity contribution in [1.29, 1.82) is 0 Å². The van der Waals surface area contributed by atoms with E-state index in [1.165, 1.54) is 0 Å². The lowest BCUT2D eigenvalue weighted by Gasteiger charge is -2.39. The van der Waals surface area contributed by atoms with Gasteiger partial charge in [0.2, 0.25) is 0 Å². The molecule has 1 unspecified atom stereocenters. The number of hydrogen-bond donors (Lipinski definition) is 0. The zero-order valence-electron chi connectivity index (χ0n) is 15.8. The van der Waals surface area contributed by atoms with Crippen LogP contribution < -0.4 is 0 Å². The number of fused-ring (bicyclic) bond motifs is 1. The van der Waals surface area contributed by atoms with E-state index in [1.54, 1.807) is 0 Å². The van der Waals surface area contributed by atoms with Crippen LogP contribution in [-0.4, -0.2) is 11.6 Å². The number of rotatable bonds is 2. The van der Waals surface area contributed by atoms with Gasteiger partial charge in [-0.15, -0.1) is 0 Å². The summed E-state index contributed by atoms with van der Waals surface area (Å²) in [6, 6.07) is 14.5. The largest absolute Gasteiger partial charge is 0.298 e. The van der Waals surface area contributed by atoms with E-state index in [-0.39, 0.29) is 35.2 Å². The predicted molar refractivity (Wildman–Crippen MR) is 106 cm³/mol. The monoisotopic (exact) mass is 356 g/mol. The minimum atomic E-state index is -0.562. The Morgan fingerprint density at radius 1 is 0.741 bits per heavy atom. The van der Waals surface area contributed by atoms with Gasteiger partial charge in [0, 0.05) is 11.8 Å². The molecule has 2 aromatic carbocycles. The van der Waals surface area contributed by atoms with Crippen molar-refractivity contribution in [2.45, 2.75) is 32.6 Å². The molecule has 0 aliphatic heterocycles. The first-order valence-corrected chi connectivity index (χ1v) is 9.98. The first kappa shape index (κ1) is 16.7. The smallest absolute Gasteiger partial charge is 0.152 e. The van der Waals surface area contributed by atoms with Gasteiger partial charge in [-0.25, -0.2) is 0 Å². The molecule has 4 aliphatic carbocycles. The molecule has 136 valence electrons. The van der Waals surface area contributed by atoms with Crippen LogP contribution in [-0.2, 0) is 9.59 Å². The van der Waals surface area contributed by atoms with Gasteiger partial charge in [0.1, 0.15) is 5.92 Å². The standard InChI is InChI=1S/C25H24O2/c1-14-12-19(16-6-4-3-5-7-16)13-15(2)20(14)23-24(26)21-17-8-9-18(11-10-17)22(21)25(23)27/h3-9,12-13,17-18,21-23H,10-11H2,1-2H3/t17-,18+,21-,22+,23?. The van der Waals surface area contributed by atoms with Crippen molar-refractivity contribution in [2.24, 2.45) is 23.7 Å². The Labute approximate surface area is 160 Å². The number of ketones is 2. The van der Waals surface area contributed by atoms with Crippen LogP contribution in [0.25, 0.3) is 11.1 Å². The van der Waals surface area contributed by atoms with Crippen molar-refractivity contribution >= 4 is 11.6 Å². The lowest BCUT2D eigenvalue weighted by atomic mass is 9.63. The van der Waals surface area contributed by atoms with Gasteiger partial charge >= 0.3 is 0 Å². The highest BCUT2D eigenvalue weighted by Crippen LogP contribution is 2.53. The Balaban J connectivity index is 1.58. The molecule has 0 heterocycles. The maximum Gasteiger partial charge on any atom is 0.152 e. The van der Waals surface area contributed by atoms with Crippen molar-refractivity contribution in [1.82, 2.24) is 0 Å². The van der Waals surface area contributed by atoms with Gasteiger partial charge in [0.05, 0.1) is 0 Å². The second kappa shape index (κ2) is 6.02. The average Bonchev–Trinajstić information content (AvgIpc) is 2.96. The highest BCUT2D eigenvalue weighted by Gasteiger charge is 2.57. The molecule has 0 N–H and O–H groups in total. The number of aryl methyl sites for hydroxylation is 2. The highest BCUT2D eigenvalue weighted by atomic mass is 16.2. The van der Waals surface area contributed by atoms with Crippen LogP contribution in [0.3, 0.4) is 0 Å². The topological polar surface area (TPSA) is 34.1 Å². The zero-order chi connectivity index (χ0) is 18.7. The van der Waals surface area contributed by atoms with Crippen LogP contribution in [0, 0.1) is 37.5 Å². The summed E-state index contributed by atoms with van der Waals surface area (Å²) in [5.74, 6) is 0.146. The summed E-state index contributed by atoms with van der Waals surface area (Å²) in [5, 5.41) is 0. The maximum atomic E-state index is 13.3. The van der Waals surface area contributed by atoms with Gasteiger partial charge in [0.15, 0.2) is 11.6 Å². The SMILES string of the molecule is Cc1cc(-c2ccccc2)cc(C)c1C1C(=O)[C@@H]2[C@H](C1=O)[C@@H]1C=C[C@H]2CC1. The van der Waals surface area contributed by atoms with E-state index in [4.69, 9.17) is 0 Å². The third-order valence-electron chi connectivity index (χ3n) is 6.96. The molecule has 4 aliphatic rings. The second-order valence-electron chi connectivity index (χ2n) is 8.47. The van der Waals surface area contributed by atoms with Crippen LogP contribution in [0.1, 0.15) is 35.4 Å². The minimum absolute atomic E-state index is 0.0844. The quantitative estimate of drug-likeness (QED) is 0.558. The van der Waals surface area contributed by atoms with Crippen LogP contribution in [0.2, 0.25) is 0 Å². The average molecular weight is 356 g/mol. The van der Waals surface area contributed by atoms with Gasteiger partial charge < -0.3 is 0 Å². The van der Waals surface area contributed by atoms with Gasteiger partial charge in [-0.1, -0.05) is 54.6 Å². The fourth-order valence-electron chi connectivity index (χ4n) is 5.81. The predicted octanol–water partition coefficient (Wildman–Crippen LogP) is 5.03. The number of benzene rings is 2. The Bertz CT molecular complexity index is 914. The fraction of sp³-hybridized carbons (Fsp3) is 0.360. The summed E-state index contributed by atoms with van der Waals surface area (Å²) in [5.41, 5.74) is 5.37. The molecule has 0 aromatic heterocycles. The van der Waals surface area contributed by atoms with E-state index < -0.39 is 5.92 Å². The molecule has 2 heteroatoms. The molecule has 6 rings (SSSR count). The fourth-order valence-corrected chi connectivity index (χ4v) is 5.81. The van der Waals surface area contributed by atoms with Gasteiger partial charge in [0.25, 0.3) is 0 Å². The zero-order valence-corrected chi connectivity index (χ0v) is 15.8. The van der Waals surface area contributed by atoms with E-state index in [2.05, 4.69) is 36.4 Å². The molecule has 2 aromatic rings. The summed E-state index contributed by atoms with van der Waals surface area (Å²) < 4.78 is 0. The van der Waals surface area contributed by atoms with Crippen molar-refractivity contribution in [3.8, 4) is 11.1 Å². The summed E-state index contributed by atoms with van der Waals surface area (Å²) in [6.07, 6.45) is 6.50. The summed E-state index contributed by atoms with van der Waals surface area (Å²) in [6.45, 7) is 4.09. The molecule has 0 spiro atoms. The first-order chi connectivity index (χ1) is 13.1. The minimum Gasteiger partial charge on any atom is -0.298 e. The van der Waals surface area contributed by atoms with E-state index in [0.29, 0.717) is 0 Å². The second-order valence-corrected chi connectivity index (χ2v) is 8.47. The molecule has 0 radical (unpaired) electrons. The Morgan fingerprint density at radius 3 is 1.74 bits per heavy atom. The first-order valence-electron chi connectivity index (χ1n) is 9.98. The number of carbonyl (C=O) groups is 2. The van der Waals surface area contributed by atoms with Gasteiger partial charge in [-0.2, -0.15) is 0 Å².